The molecule has 12 aromatic rings. The summed E-state index contributed by atoms with van der Waals surface area (Å²) in [4.78, 5) is 9.32. The van der Waals surface area contributed by atoms with E-state index in [4.69, 9.17) is 0 Å². The number of rotatable bonds is 16. The molecule has 0 saturated carbocycles. The average molecular weight is 1050 g/mol. The van der Waals surface area contributed by atoms with Crippen molar-refractivity contribution in [2.75, 3.05) is 19.6 Å². The number of allylic oxidation sites excluding steroid dienone is 4. The molecule has 13 rings (SSSR count). The molecule has 0 heterocycles. The van der Waals surface area contributed by atoms with Crippen LogP contribution in [-0.4, -0.2) is 0 Å². The standard InChI is InChI=1S/C78H60N4/c1-7-19-67(20-8-1)79(68-21-9-2-10-22-68)73-47-39-63(40-48-73)65-43-55-77(56-44-65)81(71-27-15-5-16-28-71)75-51-35-61(36-52-75)59-31-33-60(34-32-59)62-37-53-76(54-38-62)82(72-29-17-6-18-30-72)78-57-45-66(46-58-78)64-41-49-74(50-42-64)80(69-23-11-3-12-24-69)70-25-13-4-14-26-70/h1-13,15-25,27-58H,14,26H2. The average Bonchev–Trinajstić information content (AvgIpc) is 3.69. The van der Waals surface area contributed by atoms with E-state index in [-0.39, 0.29) is 0 Å². The van der Waals surface area contributed by atoms with Gasteiger partial charge in [0.25, 0.3) is 0 Å². The fourth-order valence-corrected chi connectivity index (χ4v) is 11.2. The third-order valence-corrected chi connectivity index (χ3v) is 15.3. The maximum absolute atomic E-state index is 2.38. The van der Waals surface area contributed by atoms with E-state index >= 15 is 0 Å². The monoisotopic (exact) mass is 1050 g/mol. The Kier molecular flexibility index (Phi) is 14.7. The van der Waals surface area contributed by atoms with E-state index in [1.165, 1.54) is 39.2 Å². The van der Waals surface area contributed by atoms with E-state index in [0.717, 1.165) is 86.4 Å². The summed E-state index contributed by atoms with van der Waals surface area (Å²) in [6.07, 6.45) is 8.71. The zero-order valence-electron chi connectivity index (χ0n) is 45.5. The van der Waals surface area contributed by atoms with Gasteiger partial charge in [0.1, 0.15) is 0 Å². The molecule has 0 amide bonds. The van der Waals surface area contributed by atoms with Gasteiger partial charge in [-0.2, -0.15) is 0 Å². The molecule has 82 heavy (non-hydrogen) atoms. The smallest absolute Gasteiger partial charge is 0.0462 e. The Balaban J connectivity index is 0.702. The first-order valence-corrected chi connectivity index (χ1v) is 28.2. The number of para-hydroxylation sites is 5. The minimum atomic E-state index is 1.01. The van der Waals surface area contributed by atoms with Crippen LogP contribution in [-0.2, 0) is 0 Å². The number of hydrogen-bond donors (Lipinski definition) is 0. The minimum Gasteiger partial charge on any atom is -0.314 e. The number of benzene rings is 12. The summed E-state index contributed by atoms with van der Waals surface area (Å²) >= 11 is 0. The van der Waals surface area contributed by atoms with Crippen LogP contribution < -0.4 is 19.6 Å². The van der Waals surface area contributed by atoms with Crippen LogP contribution in [0.25, 0.3) is 44.5 Å². The highest BCUT2D eigenvalue weighted by Crippen LogP contribution is 2.41. The van der Waals surface area contributed by atoms with Gasteiger partial charge in [0.05, 0.1) is 0 Å². The van der Waals surface area contributed by atoms with Crippen LogP contribution in [0.2, 0.25) is 0 Å². The second-order valence-corrected chi connectivity index (χ2v) is 20.5. The van der Waals surface area contributed by atoms with Crippen LogP contribution in [0, 0.1) is 0 Å². The molecule has 0 N–H and O–H groups in total. The van der Waals surface area contributed by atoms with E-state index in [9.17, 15) is 0 Å². The molecule has 0 bridgehead atoms. The normalized spacial score (nSPS) is 11.8. The Bertz CT molecular complexity index is 4020. The van der Waals surface area contributed by atoms with Gasteiger partial charge in [0.2, 0.25) is 0 Å². The molecule has 0 aliphatic heterocycles. The van der Waals surface area contributed by atoms with Gasteiger partial charge < -0.3 is 19.6 Å². The Hall–Kier alpha value is -10.7. The zero-order chi connectivity index (χ0) is 54.9. The molecule has 392 valence electrons. The minimum absolute atomic E-state index is 1.01. The van der Waals surface area contributed by atoms with Crippen LogP contribution in [0.5, 0.6) is 0 Å². The van der Waals surface area contributed by atoms with Gasteiger partial charge in [0.15, 0.2) is 0 Å². The molecule has 1 aliphatic carbocycles. The Morgan fingerprint density at radius 2 is 0.366 bits per heavy atom. The Labute approximate surface area is 482 Å². The van der Waals surface area contributed by atoms with Gasteiger partial charge in [0, 0.05) is 68.3 Å². The van der Waals surface area contributed by atoms with E-state index < -0.39 is 0 Å². The highest BCUT2D eigenvalue weighted by molar-refractivity contribution is 5.84. The molecule has 0 unspecified atom stereocenters. The Morgan fingerprint density at radius 3 is 0.573 bits per heavy atom. The lowest BCUT2D eigenvalue weighted by Crippen LogP contribution is -2.17. The van der Waals surface area contributed by atoms with Gasteiger partial charge in [-0.15, -0.1) is 0 Å². The summed E-state index contributed by atoms with van der Waals surface area (Å²) in [7, 11) is 0. The van der Waals surface area contributed by atoms with Crippen molar-refractivity contribution in [1.29, 1.82) is 0 Å². The summed E-state index contributed by atoms with van der Waals surface area (Å²) in [6, 6.07) is 115. The van der Waals surface area contributed by atoms with Gasteiger partial charge in [-0.3, -0.25) is 0 Å². The first kappa shape index (κ1) is 50.8. The fraction of sp³-hybridized carbons (Fsp3) is 0.0256. The predicted molar refractivity (Wildman–Crippen MR) is 347 cm³/mol. The summed E-state index contributed by atoms with van der Waals surface area (Å²) in [6.45, 7) is 0. The van der Waals surface area contributed by atoms with Gasteiger partial charge >= 0.3 is 0 Å². The first-order chi connectivity index (χ1) is 40.7. The van der Waals surface area contributed by atoms with Gasteiger partial charge in [-0.25, -0.2) is 0 Å². The van der Waals surface area contributed by atoms with Crippen molar-refractivity contribution in [1.82, 2.24) is 0 Å². The van der Waals surface area contributed by atoms with E-state index in [1.54, 1.807) is 0 Å². The quantitative estimate of drug-likeness (QED) is 0.0956. The largest absolute Gasteiger partial charge is 0.314 e. The van der Waals surface area contributed by atoms with Crippen LogP contribution >= 0.6 is 0 Å². The first-order valence-electron chi connectivity index (χ1n) is 28.2. The number of hydrogen-bond acceptors (Lipinski definition) is 4. The van der Waals surface area contributed by atoms with Crippen LogP contribution in [0.15, 0.2) is 345 Å². The molecule has 0 aromatic heterocycles. The topological polar surface area (TPSA) is 13.0 Å². The highest BCUT2D eigenvalue weighted by atomic mass is 15.2. The van der Waals surface area contributed by atoms with Crippen molar-refractivity contribution in [3.8, 4) is 44.5 Å². The maximum Gasteiger partial charge on any atom is 0.0462 e. The van der Waals surface area contributed by atoms with Crippen molar-refractivity contribution in [3.05, 3.63) is 345 Å². The highest BCUT2D eigenvalue weighted by Gasteiger charge is 2.19. The van der Waals surface area contributed by atoms with Crippen molar-refractivity contribution >= 4 is 62.6 Å². The third kappa shape index (κ3) is 11.0. The van der Waals surface area contributed by atoms with E-state index in [2.05, 4.69) is 359 Å². The van der Waals surface area contributed by atoms with Crippen molar-refractivity contribution in [2.45, 2.75) is 12.8 Å². The molecule has 0 atom stereocenters. The van der Waals surface area contributed by atoms with Crippen molar-refractivity contribution in [3.63, 3.8) is 0 Å². The molecule has 4 nitrogen and oxygen atoms in total. The Morgan fingerprint density at radius 1 is 0.183 bits per heavy atom. The lowest BCUT2D eigenvalue weighted by atomic mass is 9.99. The molecule has 1 aliphatic rings. The molecular weight excluding hydrogens is 993 g/mol. The fourth-order valence-electron chi connectivity index (χ4n) is 11.2. The maximum atomic E-state index is 2.38. The third-order valence-electron chi connectivity index (χ3n) is 15.3. The van der Waals surface area contributed by atoms with Gasteiger partial charge in [-0.05, 0) is 197 Å². The SMILES string of the molecule is C1=CCCC(N(c2ccccc2)c2ccc(-c3ccc(N(c4ccccc4)c4ccc(-c5ccc(-c6ccc(N(c7ccccc7)c7ccc(-c8ccc(N(c9ccccc9)c9ccccc9)cc8)cc7)cc6)cc5)cc4)cc3)cc2)=C1. The van der Waals surface area contributed by atoms with Crippen LogP contribution in [0.4, 0.5) is 62.6 Å². The second-order valence-electron chi connectivity index (χ2n) is 20.5. The molecular formula is C78H60N4. The number of nitrogens with zero attached hydrogens (tertiary/aromatic N) is 4. The lowest BCUT2D eigenvalue weighted by Gasteiger charge is -2.29. The lowest BCUT2D eigenvalue weighted by molar-refractivity contribution is 0.918. The van der Waals surface area contributed by atoms with Crippen LogP contribution in [0.3, 0.4) is 0 Å². The summed E-state index contributed by atoms with van der Waals surface area (Å²) < 4.78 is 0. The summed E-state index contributed by atoms with van der Waals surface area (Å²) in [5, 5.41) is 0. The molecule has 0 radical (unpaired) electrons. The van der Waals surface area contributed by atoms with Crippen molar-refractivity contribution < 1.29 is 0 Å². The summed E-state index contributed by atoms with van der Waals surface area (Å²) in [5.74, 6) is 0. The van der Waals surface area contributed by atoms with Crippen molar-refractivity contribution in [2.24, 2.45) is 0 Å². The molecule has 4 heteroatoms. The van der Waals surface area contributed by atoms with Crippen LogP contribution in [0.1, 0.15) is 12.8 Å². The van der Waals surface area contributed by atoms with Gasteiger partial charge in [-0.1, -0.05) is 200 Å². The molecule has 12 aromatic carbocycles. The number of anilines is 11. The summed E-state index contributed by atoms with van der Waals surface area (Å²) in [5.41, 5.74) is 22.9. The van der Waals surface area contributed by atoms with E-state index in [0.29, 0.717) is 0 Å². The molecule has 0 fully saturated rings. The second kappa shape index (κ2) is 23.7. The van der Waals surface area contributed by atoms with E-state index in [1.807, 2.05) is 0 Å². The zero-order valence-corrected chi connectivity index (χ0v) is 45.5. The molecule has 0 saturated heterocycles. The molecule has 0 spiro atoms. The predicted octanol–water partition coefficient (Wildman–Crippen LogP) is 22.1.